The van der Waals surface area contributed by atoms with Gasteiger partial charge in [-0.15, -0.1) is 11.3 Å². The number of thiophene rings is 1. The number of nitrogens with two attached hydrogens (primary N) is 1. The van der Waals surface area contributed by atoms with Crippen LogP contribution in [0.1, 0.15) is 29.5 Å². The Morgan fingerprint density at radius 3 is 2.71 bits per heavy atom. The van der Waals surface area contributed by atoms with Crippen molar-refractivity contribution < 1.29 is 0 Å². The molecule has 2 atom stereocenters. The molecule has 1 aromatic rings. The Kier molecular flexibility index (Phi) is 2.13. The molecule has 3 heteroatoms. The third-order valence-corrected chi connectivity index (χ3v) is 4.42. The average molecular weight is 206 g/mol. The number of hydrogen-bond acceptors (Lipinski definition) is 3. The summed E-state index contributed by atoms with van der Waals surface area (Å²) in [7, 11) is 0. The molecule has 2 N–H and O–H groups in total. The van der Waals surface area contributed by atoms with E-state index in [1.54, 1.807) is 11.3 Å². The smallest absolute Gasteiger partial charge is 0.110 e. The van der Waals surface area contributed by atoms with Crippen LogP contribution < -0.4 is 5.73 Å². The van der Waals surface area contributed by atoms with Crippen LogP contribution >= 0.6 is 11.3 Å². The highest BCUT2D eigenvalue weighted by atomic mass is 32.1. The van der Waals surface area contributed by atoms with Gasteiger partial charge in [-0.25, -0.2) is 0 Å². The maximum Gasteiger partial charge on any atom is 0.110 e. The Morgan fingerprint density at radius 2 is 2.29 bits per heavy atom. The second-order valence-corrected chi connectivity index (χ2v) is 5.57. The standard InChI is InChI=1S/C11H14N2S/c1-11(2)8(6-13)10(11)9-4-3-7(5-12)14-9/h3-4,8,10H,6,13H2,1-2H3/t8-,10+/m0/s1. The fraction of sp³-hybridized carbons (Fsp3) is 0.545. The van der Waals surface area contributed by atoms with E-state index in [1.807, 2.05) is 6.07 Å². The third kappa shape index (κ3) is 1.26. The lowest BCUT2D eigenvalue weighted by molar-refractivity contribution is 0.559. The predicted octanol–water partition coefficient (Wildman–Crippen LogP) is 2.32. The number of nitriles is 1. The molecule has 1 fully saturated rings. The third-order valence-electron chi connectivity index (χ3n) is 3.35. The SMILES string of the molecule is CC1(C)[C@@H](CN)[C@@H]1c1ccc(C#N)s1. The lowest BCUT2D eigenvalue weighted by Crippen LogP contribution is -2.05. The predicted molar refractivity (Wildman–Crippen MR) is 58.1 cm³/mol. The lowest BCUT2D eigenvalue weighted by atomic mass is 10.1. The van der Waals surface area contributed by atoms with Crippen LogP contribution in [0.15, 0.2) is 12.1 Å². The van der Waals surface area contributed by atoms with E-state index in [-0.39, 0.29) is 0 Å². The molecule has 74 valence electrons. The van der Waals surface area contributed by atoms with Crippen molar-refractivity contribution in [1.82, 2.24) is 0 Å². The Morgan fingerprint density at radius 1 is 1.57 bits per heavy atom. The lowest BCUT2D eigenvalue weighted by Gasteiger charge is -1.98. The van der Waals surface area contributed by atoms with Crippen molar-refractivity contribution in [3.8, 4) is 6.07 Å². The van der Waals surface area contributed by atoms with Crippen molar-refractivity contribution >= 4 is 11.3 Å². The Balaban J connectivity index is 2.23. The van der Waals surface area contributed by atoms with Gasteiger partial charge in [-0.1, -0.05) is 13.8 Å². The second-order valence-electron chi connectivity index (χ2n) is 4.46. The number of nitrogens with zero attached hydrogens (tertiary/aromatic N) is 1. The molecular formula is C11H14N2S. The summed E-state index contributed by atoms with van der Waals surface area (Å²) in [4.78, 5) is 2.13. The van der Waals surface area contributed by atoms with Crippen LogP contribution in [0, 0.1) is 22.7 Å². The van der Waals surface area contributed by atoms with E-state index in [4.69, 9.17) is 11.0 Å². The minimum absolute atomic E-state index is 0.326. The summed E-state index contributed by atoms with van der Waals surface area (Å²) in [5, 5.41) is 8.74. The number of hydrogen-bond donors (Lipinski definition) is 1. The zero-order valence-electron chi connectivity index (χ0n) is 8.45. The molecule has 0 unspecified atom stereocenters. The van der Waals surface area contributed by atoms with Crippen molar-refractivity contribution in [2.45, 2.75) is 19.8 Å². The van der Waals surface area contributed by atoms with Crippen LogP contribution in [0.2, 0.25) is 0 Å². The van der Waals surface area contributed by atoms with Gasteiger partial charge in [0.05, 0.1) is 0 Å². The van der Waals surface area contributed by atoms with Gasteiger partial charge in [0.15, 0.2) is 0 Å². The van der Waals surface area contributed by atoms with E-state index in [2.05, 4.69) is 26.0 Å². The molecule has 0 aliphatic heterocycles. The summed E-state index contributed by atoms with van der Waals surface area (Å²) in [6, 6.07) is 6.16. The van der Waals surface area contributed by atoms with Gasteiger partial charge in [-0.05, 0) is 30.0 Å². The second kappa shape index (κ2) is 3.08. The summed E-state index contributed by atoms with van der Waals surface area (Å²) < 4.78 is 0. The fourth-order valence-corrected chi connectivity index (χ4v) is 3.50. The van der Waals surface area contributed by atoms with Crippen molar-refractivity contribution in [3.05, 3.63) is 21.9 Å². The molecule has 1 aliphatic carbocycles. The monoisotopic (exact) mass is 206 g/mol. The van der Waals surface area contributed by atoms with Gasteiger partial charge in [-0.3, -0.25) is 0 Å². The first-order valence-electron chi connectivity index (χ1n) is 4.81. The summed E-state index contributed by atoms with van der Waals surface area (Å²) in [5.41, 5.74) is 6.04. The zero-order chi connectivity index (χ0) is 10.3. The van der Waals surface area contributed by atoms with E-state index < -0.39 is 0 Å². The molecule has 0 bridgehead atoms. The summed E-state index contributed by atoms with van der Waals surface area (Å²) in [6.45, 7) is 5.25. The van der Waals surface area contributed by atoms with Crippen molar-refractivity contribution in [3.63, 3.8) is 0 Å². The van der Waals surface area contributed by atoms with Gasteiger partial charge >= 0.3 is 0 Å². The molecule has 2 rings (SSSR count). The maximum atomic E-state index is 8.74. The van der Waals surface area contributed by atoms with Gasteiger partial charge in [0.2, 0.25) is 0 Å². The highest BCUT2D eigenvalue weighted by molar-refractivity contribution is 7.12. The molecule has 14 heavy (non-hydrogen) atoms. The highest BCUT2D eigenvalue weighted by Crippen LogP contribution is 2.64. The summed E-state index contributed by atoms with van der Waals surface area (Å²) >= 11 is 1.61. The zero-order valence-corrected chi connectivity index (χ0v) is 9.27. The van der Waals surface area contributed by atoms with E-state index in [0.29, 0.717) is 17.3 Å². The van der Waals surface area contributed by atoms with E-state index in [0.717, 1.165) is 11.4 Å². The minimum atomic E-state index is 0.326. The normalized spacial score (nSPS) is 28.4. The molecule has 1 aliphatic rings. The van der Waals surface area contributed by atoms with Gasteiger partial charge in [-0.2, -0.15) is 5.26 Å². The minimum Gasteiger partial charge on any atom is -0.330 e. The van der Waals surface area contributed by atoms with Crippen LogP contribution in [0.4, 0.5) is 0 Å². The molecule has 1 heterocycles. The van der Waals surface area contributed by atoms with Gasteiger partial charge in [0.25, 0.3) is 0 Å². The van der Waals surface area contributed by atoms with Crippen molar-refractivity contribution in [1.29, 1.82) is 5.26 Å². The van der Waals surface area contributed by atoms with E-state index >= 15 is 0 Å². The molecule has 0 amide bonds. The Bertz CT molecular complexity index is 386. The molecule has 1 saturated carbocycles. The molecule has 0 radical (unpaired) electrons. The van der Waals surface area contributed by atoms with E-state index in [9.17, 15) is 0 Å². The van der Waals surface area contributed by atoms with Gasteiger partial charge in [0.1, 0.15) is 10.9 Å². The van der Waals surface area contributed by atoms with Crippen LogP contribution in [0.25, 0.3) is 0 Å². The van der Waals surface area contributed by atoms with Crippen LogP contribution in [0.3, 0.4) is 0 Å². The first-order valence-corrected chi connectivity index (χ1v) is 5.62. The van der Waals surface area contributed by atoms with Gasteiger partial charge < -0.3 is 5.73 Å². The van der Waals surface area contributed by atoms with Gasteiger partial charge in [0, 0.05) is 10.8 Å². The van der Waals surface area contributed by atoms with Crippen LogP contribution in [-0.4, -0.2) is 6.54 Å². The summed E-state index contributed by atoms with van der Waals surface area (Å²) in [6.07, 6.45) is 0. The van der Waals surface area contributed by atoms with Crippen molar-refractivity contribution in [2.24, 2.45) is 17.1 Å². The molecular weight excluding hydrogens is 192 g/mol. The fourth-order valence-electron chi connectivity index (χ4n) is 2.33. The van der Waals surface area contributed by atoms with Crippen LogP contribution in [0.5, 0.6) is 0 Å². The molecule has 0 saturated heterocycles. The van der Waals surface area contributed by atoms with Crippen molar-refractivity contribution in [2.75, 3.05) is 6.54 Å². The first kappa shape index (κ1) is 9.70. The summed E-state index contributed by atoms with van der Waals surface area (Å²) in [5.74, 6) is 1.16. The maximum absolute atomic E-state index is 8.74. The number of rotatable bonds is 2. The molecule has 1 aromatic heterocycles. The van der Waals surface area contributed by atoms with Crippen LogP contribution in [-0.2, 0) is 0 Å². The van der Waals surface area contributed by atoms with E-state index in [1.165, 1.54) is 4.88 Å². The topological polar surface area (TPSA) is 49.8 Å². The quantitative estimate of drug-likeness (QED) is 0.807. The first-order chi connectivity index (χ1) is 6.61. The largest absolute Gasteiger partial charge is 0.330 e. The molecule has 0 spiro atoms. The molecule has 0 aromatic carbocycles. The Hall–Kier alpha value is -0.850. The average Bonchev–Trinajstić information content (AvgIpc) is 2.55. The molecule has 2 nitrogen and oxygen atoms in total. The highest BCUT2D eigenvalue weighted by Gasteiger charge is 2.57. The Labute approximate surface area is 88.4 Å².